The second-order valence-electron chi connectivity index (χ2n) is 4.35. The van der Waals surface area contributed by atoms with E-state index in [1.165, 1.54) is 51.4 Å². The maximum absolute atomic E-state index is 3.79. The van der Waals surface area contributed by atoms with E-state index in [0.717, 1.165) is 5.92 Å². The summed E-state index contributed by atoms with van der Waals surface area (Å²) in [6.07, 6.45) is 17.2. The van der Waals surface area contributed by atoms with E-state index in [0.29, 0.717) is 0 Å². The molecule has 0 rings (SSSR count). The Balaban J connectivity index is 3.33. The summed E-state index contributed by atoms with van der Waals surface area (Å²) in [5, 5.41) is 0. The van der Waals surface area contributed by atoms with Gasteiger partial charge in [0.05, 0.1) is 0 Å². The molecule has 0 N–H and O–H groups in total. The highest BCUT2D eigenvalue weighted by Crippen LogP contribution is 2.19. The molecule has 0 radical (unpaired) electrons. The second kappa shape index (κ2) is 11.6. The lowest BCUT2D eigenvalue weighted by Gasteiger charge is -2.12. The molecule has 88 valence electrons. The average Bonchev–Trinajstić information content (AvgIpc) is 2.27. The van der Waals surface area contributed by atoms with E-state index in [4.69, 9.17) is 0 Å². The minimum atomic E-state index is 0.935. The third-order valence-corrected chi connectivity index (χ3v) is 3.08. The Kier molecular flexibility index (Phi) is 11.2. The van der Waals surface area contributed by atoms with Crippen molar-refractivity contribution in [3.05, 3.63) is 24.8 Å². The Morgan fingerprint density at radius 2 is 1.87 bits per heavy atom. The van der Waals surface area contributed by atoms with E-state index in [-0.39, 0.29) is 0 Å². The van der Waals surface area contributed by atoms with Crippen molar-refractivity contribution in [2.45, 2.75) is 65.2 Å². The molecule has 0 bridgehead atoms. The summed E-state index contributed by atoms with van der Waals surface area (Å²) >= 11 is 0. The van der Waals surface area contributed by atoms with Crippen LogP contribution in [0.3, 0.4) is 0 Å². The van der Waals surface area contributed by atoms with Crippen LogP contribution in [0.1, 0.15) is 65.2 Å². The summed E-state index contributed by atoms with van der Waals surface area (Å²) in [5.41, 5.74) is 0. The topological polar surface area (TPSA) is 0 Å². The molecule has 0 amide bonds. The maximum Gasteiger partial charge on any atom is -0.0351 e. The fraction of sp³-hybridized carbons (Fsp3) is 0.733. The van der Waals surface area contributed by atoms with Gasteiger partial charge in [-0.1, -0.05) is 50.8 Å². The van der Waals surface area contributed by atoms with Crippen molar-refractivity contribution < 1.29 is 0 Å². The van der Waals surface area contributed by atoms with E-state index in [9.17, 15) is 0 Å². The first-order chi connectivity index (χ1) is 7.35. The smallest absolute Gasteiger partial charge is 0.0351 e. The molecule has 0 saturated heterocycles. The summed E-state index contributed by atoms with van der Waals surface area (Å²) in [6, 6.07) is 0. The lowest BCUT2D eigenvalue weighted by atomic mass is 9.93. The summed E-state index contributed by atoms with van der Waals surface area (Å²) in [4.78, 5) is 0. The SMILES string of the molecule is C=CCCC(CC)CCCCCC=CC. The van der Waals surface area contributed by atoms with E-state index in [1.54, 1.807) is 0 Å². The molecule has 15 heavy (non-hydrogen) atoms. The molecular formula is C15H28. The third-order valence-electron chi connectivity index (χ3n) is 3.08. The van der Waals surface area contributed by atoms with Crippen LogP contribution in [0, 0.1) is 5.92 Å². The molecule has 0 aliphatic carbocycles. The van der Waals surface area contributed by atoms with Crippen molar-refractivity contribution >= 4 is 0 Å². The molecular weight excluding hydrogens is 180 g/mol. The zero-order valence-electron chi connectivity index (χ0n) is 10.7. The number of hydrogen-bond donors (Lipinski definition) is 0. The highest BCUT2D eigenvalue weighted by atomic mass is 14.1. The normalized spacial score (nSPS) is 13.2. The minimum Gasteiger partial charge on any atom is -0.103 e. The molecule has 0 nitrogen and oxygen atoms in total. The van der Waals surface area contributed by atoms with Gasteiger partial charge in [-0.2, -0.15) is 0 Å². The van der Waals surface area contributed by atoms with Crippen LogP contribution >= 0.6 is 0 Å². The molecule has 1 atom stereocenters. The van der Waals surface area contributed by atoms with E-state index >= 15 is 0 Å². The van der Waals surface area contributed by atoms with Gasteiger partial charge >= 0.3 is 0 Å². The van der Waals surface area contributed by atoms with Crippen LogP contribution in [0.25, 0.3) is 0 Å². The molecule has 0 aromatic heterocycles. The molecule has 0 aliphatic heterocycles. The molecule has 0 aromatic carbocycles. The number of rotatable bonds is 10. The van der Waals surface area contributed by atoms with Gasteiger partial charge in [-0.05, 0) is 38.5 Å². The van der Waals surface area contributed by atoms with Crippen LogP contribution in [-0.2, 0) is 0 Å². The van der Waals surface area contributed by atoms with E-state index in [1.807, 2.05) is 0 Å². The van der Waals surface area contributed by atoms with Crippen molar-refractivity contribution in [3.8, 4) is 0 Å². The van der Waals surface area contributed by atoms with Crippen LogP contribution in [0.15, 0.2) is 24.8 Å². The van der Waals surface area contributed by atoms with Crippen molar-refractivity contribution in [1.29, 1.82) is 0 Å². The fourth-order valence-corrected chi connectivity index (χ4v) is 1.94. The monoisotopic (exact) mass is 208 g/mol. The molecule has 0 spiro atoms. The van der Waals surface area contributed by atoms with Crippen molar-refractivity contribution in [2.75, 3.05) is 0 Å². The fourth-order valence-electron chi connectivity index (χ4n) is 1.94. The first-order valence-electron chi connectivity index (χ1n) is 6.57. The number of unbranched alkanes of at least 4 members (excludes halogenated alkanes) is 3. The van der Waals surface area contributed by atoms with Gasteiger partial charge in [-0.3, -0.25) is 0 Å². The zero-order valence-corrected chi connectivity index (χ0v) is 10.7. The first kappa shape index (κ1) is 14.5. The average molecular weight is 208 g/mol. The van der Waals surface area contributed by atoms with Gasteiger partial charge in [-0.15, -0.1) is 6.58 Å². The number of allylic oxidation sites excluding steroid dienone is 3. The molecule has 1 unspecified atom stereocenters. The van der Waals surface area contributed by atoms with Crippen LogP contribution in [0.5, 0.6) is 0 Å². The van der Waals surface area contributed by atoms with Crippen molar-refractivity contribution in [2.24, 2.45) is 5.92 Å². The van der Waals surface area contributed by atoms with Crippen LogP contribution in [-0.4, -0.2) is 0 Å². The molecule has 0 fully saturated rings. The predicted octanol–water partition coefficient (Wildman–Crippen LogP) is 5.51. The van der Waals surface area contributed by atoms with Gasteiger partial charge in [0.2, 0.25) is 0 Å². The predicted molar refractivity (Wildman–Crippen MR) is 71.1 cm³/mol. The Morgan fingerprint density at radius 1 is 1.07 bits per heavy atom. The largest absolute Gasteiger partial charge is 0.103 e. The van der Waals surface area contributed by atoms with Gasteiger partial charge in [0.1, 0.15) is 0 Å². The van der Waals surface area contributed by atoms with Gasteiger partial charge in [0.25, 0.3) is 0 Å². The molecule has 0 aromatic rings. The lowest BCUT2D eigenvalue weighted by molar-refractivity contribution is 0.418. The molecule has 0 saturated carbocycles. The standard InChI is InChI=1S/C15H28/c1-4-7-9-10-11-12-14-15(6-3)13-8-5-2/h4-5,7,15H,2,6,8-14H2,1,3H3. The zero-order chi connectivity index (χ0) is 11.4. The maximum atomic E-state index is 3.79. The molecule has 0 heteroatoms. The Labute approximate surface area is 96.5 Å². The van der Waals surface area contributed by atoms with Crippen LogP contribution in [0.4, 0.5) is 0 Å². The summed E-state index contributed by atoms with van der Waals surface area (Å²) < 4.78 is 0. The summed E-state index contributed by atoms with van der Waals surface area (Å²) in [5.74, 6) is 0.935. The Bertz CT molecular complexity index is 155. The highest BCUT2D eigenvalue weighted by molar-refractivity contribution is 4.76. The first-order valence-corrected chi connectivity index (χ1v) is 6.57. The van der Waals surface area contributed by atoms with Gasteiger partial charge in [0, 0.05) is 0 Å². The van der Waals surface area contributed by atoms with Crippen LogP contribution in [0.2, 0.25) is 0 Å². The molecule has 0 aliphatic rings. The molecule has 0 heterocycles. The van der Waals surface area contributed by atoms with Gasteiger partial charge in [-0.25, -0.2) is 0 Å². The van der Waals surface area contributed by atoms with Gasteiger partial charge in [0.15, 0.2) is 0 Å². The second-order valence-corrected chi connectivity index (χ2v) is 4.35. The van der Waals surface area contributed by atoms with Crippen molar-refractivity contribution in [3.63, 3.8) is 0 Å². The van der Waals surface area contributed by atoms with Crippen LogP contribution < -0.4 is 0 Å². The van der Waals surface area contributed by atoms with Gasteiger partial charge < -0.3 is 0 Å². The Morgan fingerprint density at radius 3 is 2.47 bits per heavy atom. The lowest BCUT2D eigenvalue weighted by Crippen LogP contribution is -1.98. The Hall–Kier alpha value is -0.520. The number of hydrogen-bond acceptors (Lipinski definition) is 0. The highest BCUT2D eigenvalue weighted by Gasteiger charge is 2.04. The quantitative estimate of drug-likeness (QED) is 0.328. The minimum absolute atomic E-state index is 0.935. The summed E-state index contributed by atoms with van der Waals surface area (Å²) in [7, 11) is 0. The summed E-state index contributed by atoms with van der Waals surface area (Å²) in [6.45, 7) is 8.20. The third kappa shape index (κ3) is 9.78. The van der Waals surface area contributed by atoms with E-state index in [2.05, 4.69) is 38.7 Å². The van der Waals surface area contributed by atoms with Crippen molar-refractivity contribution in [1.82, 2.24) is 0 Å². The van der Waals surface area contributed by atoms with E-state index < -0.39 is 0 Å².